The number of carbonyl (C=O) groups excluding carboxylic acids is 1. The molecule has 0 saturated carbocycles. The zero-order valence-corrected chi connectivity index (χ0v) is 20.0. The third-order valence-corrected chi connectivity index (χ3v) is 8.98. The fraction of sp³-hybridized carbons (Fsp3) is 0.409. The Morgan fingerprint density at radius 1 is 1.04 bits per heavy atom. The van der Waals surface area contributed by atoms with Crippen molar-refractivity contribution in [1.29, 1.82) is 0 Å². The van der Waals surface area contributed by atoms with E-state index in [1.165, 1.54) is 9.65 Å². The molecule has 0 aromatic heterocycles. The Morgan fingerprint density at radius 3 is 2.22 bits per heavy atom. The van der Waals surface area contributed by atoms with Crippen molar-refractivity contribution < 1.29 is 9.53 Å². The number of benzene rings is 2. The molecular weight excluding hydrogens is 417 g/mol. The molecule has 0 spiro atoms. The summed E-state index contributed by atoms with van der Waals surface area (Å²) >= 11 is 0.273. The Balaban J connectivity index is 2.42. The summed E-state index contributed by atoms with van der Waals surface area (Å²) in [5.41, 5.74) is 1.15. The quantitative estimate of drug-likeness (QED) is 0.596. The maximum absolute atomic E-state index is 12.7. The van der Waals surface area contributed by atoms with Crippen LogP contribution in [0.3, 0.4) is 0 Å². The molecule has 0 N–H and O–H groups in total. The average Bonchev–Trinajstić information content (AvgIpc) is 2.62. The normalized spacial score (nSPS) is 12.5. The van der Waals surface area contributed by atoms with Crippen LogP contribution in [0, 0.1) is 0 Å². The van der Waals surface area contributed by atoms with E-state index in [2.05, 4.69) is 69.0 Å². The predicted molar refractivity (Wildman–Crippen MR) is 119 cm³/mol. The summed E-state index contributed by atoms with van der Waals surface area (Å²) in [6.07, 6.45) is -0.244. The zero-order valence-electron chi connectivity index (χ0n) is 17.3. The van der Waals surface area contributed by atoms with Gasteiger partial charge in [0.05, 0.1) is 0 Å². The second-order valence-electron chi connectivity index (χ2n) is 7.59. The number of para-hydroxylation sites is 1. The van der Waals surface area contributed by atoms with Crippen molar-refractivity contribution >= 4 is 38.8 Å². The van der Waals surface area contributed by atoms with E-state index in [1.54, 1.807) is 4.90 Å². The second kappa shape index (κ2) is 9.58. The number of ether oxygens (including phenoxy) is 1. The molecule has 27 heavy (non-hydrogen) atoms. The van der Waals surface area contributed by atoms with E-state index >= 15 is 0 Å². The van der Waals surface area contributed by atoms with Crippen molar-refractivity contribution in [3.05, 3.63) is 54.1 Å². The van der Waals surface area contributed by atoms with Crippen LogP contribution in [-0.2, 0) is 0 Å². The van der Waals surface area contributed by atoms with Gasteiger partial charge in [0.25, 0.3) is 0 Å². The Hall–Kier alpha value is -1.55. The molecule has 0 aliphatic heterocycles. The fourth-order valence-corrected chi connectivity index (χ4v) is 6.62. The van der Waals surface area contributed by atoms with E-state index in [1.807, 2.05) is 19.9 Å². The van der Waals surface area contributed by atoms with Crippen molar-refractivity contribution in [1.82, 2.24) is 4.90 Å². The number of rotatable bonds is 7. The third-order valence-electron chi connectivity index (χ3n) is 4.56. The van der Waals surface area contributed by atoms with Gasteiger partial charge in [-0.2, -0.15) is 0 Å². The van der Waals surface area contributed by atoms with Crippen molar-refractivity contribution in [2.45, 2.75) is 45.2 Å². The molecule has 2 aromatic rings. The van der Waals surface area contributed by atoms with Gasteiger partial charge in [-0.3, -0.25) is 0 Å². The summed E-state index contributed by atoms with van der Waals surface area (Å²) in [7, 11) is -1.66. The van der Waals surface area contributed by atoms with Crippen LogP contribution in [0.4, 0.5) is 4.79 Å². The second-order valence-corrected chi connectivity index (χ2v) is 15.6. The molecule has 5 heteroatoms. The summed E-state index contributed by atoms with van der Waals surface area (Å²) in [6.45, 7) is 14.4. The topological polar surface area (TPSA) is 29.5 Å². The van der Waals surface area contributed by atoms with Crippen molar-refractivity contribution in [3.8, 4) is 5.75 Å². The van der Waals surface area contributed by atoms with Crippen LogP contribution in [0.5, 0.6) is 5.75 Å². The molecule has 0 saturated heterocycles. The van der Waals surface area contributed by atoms with E-state index in [0.29, 0.717) is 17.9 Å². The number of carbonyl (C=O) groups is 1. The van der Waals surface area contributed by atoms with Crippen LogP contribution in [0.15, 0.2) is 48.5 Å². The first-order chi connectivity index (χ1) is 12.8. The van der Waals surface area contributed by atoms with Crippen LogP contribution in [0.2, 0.25) is 19.6 Å². The molecule has 0 fully saturated rings. The molecule has 3 nitrogen and oxygen atoms in total. The standard InChI is InChI=1S/C22H31NO2SeSi/c1-7-23(8-2)22(24)25-21-19(15-12-16-20(21)27(4,5)6)17(3)26-18-13-10-9-11-14-18/h9-17H,7-8H2,1-6H3/t17-/m0/s1. The molecule has 0 unspecified atom stereocenters. The number of hydrogen-bond donors (Lipinski definition) is 0. The number of nitrogens with zero attached hydrogens (tertiary/aromatic N) is 1. The van der Waals surface area contributed by atoms with Crippen LogP contribution in [-0.4, -0.2) is 47.1 Å². The Labute approximate surface area is 171 Å². The van der Waals surface area contributed by atoms with Gasteiger partial charge >= 0.3 is 171 Å². The Morgan fingerprint density at radius 2 is 1.67 bits per heavy atom. The SMILES string of the molecule is CCN(CC)C(=O)Oc1c([C@H](C)[Se]c2ccccc2)cccc1[Si](C)(C)C. The maximum atomic E-state index is 12.7. The minimum atomic E-state index is -1.66. The summed E-state index contributed by atoms with van der Waals surface area (Å²) in [6, 6.07) is 17.0. The average molecular weight is 449 g/mol. The molecule has 2 aromatic carbocycles. The monoisotopic (exact) mass is 449 g/mol. The number of hydrogen-bond acceptors (Lipinski definition) is 2. The summed E-state index contributed by atoms with van der Waals surface area (Å²) < 4.78 is 7.40. The van der Waals surface area contributed by atoms with Gasteiger partial charge < -0.3 is 0 Å². The van der Waals surface area contributed by atoms with Gasteiger partial charge in [-0.1, -0.05) is 0 Å². The van der Waals surface area contributed by atoms with Gasteiger partial charge in [-0.15, -0.1) is 0 Å². The van der Waals surface area contributed by atoms with E-state index in [0.717, 1.165) is 11.3 Å². The first-order valence-corrected chi connectivity index (χ1v) is 14.9. The van der Waals surface area contributed by atoms with Crippen LogP contribution < -0.4 is 14.4 Å². The molecule has 0 aliphatic carbocycles. The van der Waals surface area contributed by atoms with Crippen LogP contribution >= 0.6 is 0 Å². The summed E-state index contributed by atoms with van der Waals surface area (Å²) in [5, 5.41) is 1.22. The third kappa shape index (κ3) is 5.71. The predicted octanol–water partition coefficient (Wildman–Crippen LogP) is 4.16. The Bertz CT molecular complexity index is 755. The fourth-order valence-electron chi connectivity index (χ4n) is 2.98. The number of amides is 1. The molecule has 0 bridgehead atoms. The van der Waals surface area contributed by atoms with Crippen LogP contribution in [0.1, 0.15) is 31.2 Å². The summed E-state index contributed by atoms with van der Waals surface area (Å²) in [5.74, 6) is 0.805. The molecular formula is C22H31NO2SeSi. The van der Waals surface area contributed by atoms with Crippen molar-refractivity contribution in [2.24, 2.45) is 0 Å². The van der Waals surface area contributed by atoms with Crippen molar-refractivity contribution in [2.75, 3.05) is 13.1 Å². The van der Waals surface area contributed by atoms with E-state index in [4.69, 9.17) is 4.74 Å². The Kier molecular flexibility index (Phi) is 7.72. The van der Waals surface area contributed by atoms with Crippen LogP contribution in [0.25, 0.3) is 0 Å². The van der Waals surface area contributed by atoms with Gasteiger partial charge in [0.15, 0.2) is 0 Å². The van der Waals surface area contributed by atoms with Crippen molar-refractivity contribution in [3.63, 3.8) is 0 Å². The zero-order chi connectivity index (χ0) is 20.0. The van der Waals surface area contributed by atoms with Gasteiger partial charge in [-0.05, 0) is 0 Å². The van der Waals surface area contributed by atoms with Gasteiger partial charge in [0.1, 0.15) is 0 Å². The van der Waals surface area contributed by atoms with E-state index in [-0.39, 0.29) is 21.1 Å². The minimum absolute atomic E-state index is 0.244. The molecule has 2 rings (SSSR count). The molecule has 146 valence electrons. The molecule has 0 aliphatic rings. The van der Waals surface area contributed by atoms with Gasteiger partial charge in [-0.25, -0.2) is 0 Å². The van der Waals surface area contributed by atoms with Gasteiger partial charge in [0, 0.05) is 0 Å². The van der Waals surface area contributed by atoms with E-state index in [9.17, 15) is 4.79 Å². The molecule has 1 amide bonds. The van der Waals surface area contributed by atoms with E-state index < -0.39 is 8.07 Å². The first-order valence-electron chi connectivity index (χ1n) is 9.59. The van der Waals surface area contributed by atoms with Gasteiger partial charge in [0.2, 0.25) is 0 Å². The molecule has 0 radical (unpaired) electrons. The molecule has 0 heterocycles. The molecule has 1 atom stereocenters. The first kappa shape index (κ1) is 21.7. The summed E-state index contributed by atoms with van der Waals surface area (Å²) in [4.78, 5) is 14.8.